The van der Waals surface area contributed by atoms with Crippen molar-refractivity contribution < 1.29 is 8.42 Å². The highest BCUT2D eigenvalue weighted by Crippen LogP contribution is 2.24. The number of hydrogen-bond acceptors (Lipinski definition) is 3. The number of aliphatic imine (C=N–C) groups is 1. The maximum absolute atomic E-state index is 12.6. The molecule has 1 aromatic carbocycles. The van der Waals surface area contributed by atoms with Crippen LogP contribution in [0.25, 0.3) is 0 Å². The zero-order valence-corrected chi connectivity index (χ0v) is 18.2. The van der Waals surface area contributed by atoms with Crippen molar-refractivity contribution in [2.45, 2.75) is 49.5 Å². The highest BCUT2D eigenvalue weighted by atomic mass is 127. The minimum absolute atomic E-state index is 0. The van der Waals surface area contributed by atoms with Crippen LogP contribution < -0.4 is 11.1 Å². The topological polar surface area (TPSA) is 87.8 Å². The summed E-state index contributed by atoms with van der Waals surface area (Å²) in [5.41, 5.74) is 5.98. The van der Waals surface area contributed by atoms with E-state index < -0.39 is 10.0 Å². The fourth-order valence-electron chi connectivity index (χ4n) is 3.63. The van der Waals surface area contributed by atoms with Gasteiger partial charge in [0.25, 0.3) is 0 Å². The van der Waals surface area contributed by atoms with Crippen LogP contribution >= 0.6 is 24.0 Å². The zero-order chi connectivity index (χ0) is 17.7. The summed E-state index contributed by atoms with van der Waals surface area (Å²) < 4.78 is 26.8. The number of hydrogen-bond donors (Lipinski definition) is 2. The normalized spacial score (nSPS) is 20.7. The Morgan fingerprint density at radius 2 is 1.73 bits per heavy atom. The monoisotopic (exact) mass is 492 g/mol. The Kier molecular flexibility index (Phi) is 8.15. The second-order valence-electron chi connectivity index (χ2n) is 7.01. The fourth-order valence-corrected chi connectivity index (χ4v) is 5.12. The van der Waals surface area contributed by atoms with Crippen LogP contribution in [0, 0.1) is 5.92 Å². The molecule has 1 saturated heterocycles. The van der Waals surface area contributed by atoms with Gasteiger partial charge < -0.3 is 11.1 Å². The highest BCUT2D eigenvalue weighted by molar-refractivity contribution is 14.0. The second-order valence-corrected chi connectivity index (χ2v) is 8.95. The molecule has 1 aromatic rings. The van der Waals surface area contributed by atoms with Crippen molar-refractivity contribution in [1.82, 2.24) is 9.62 Å². The largest absolute Gasteiger partial charge is 0.370 e. The summed E-state index contributed by atoms with van der Waals surface area (Å²) in [5, 5.41) is 3.29. The molecule has 8 heteroatoms. The molecule has 0 atom stereocenters. The Labute approximate surface area is 173 Å². The smallest absolute Gasteiger partial charge is 0.243 e. The lowest BCUT2D eigenvalue weighted by Crippen LogP contribution is -2.40. The van der Waals surface area contributed by atoms with E-state index >= 15 is 0 Å². The molecule has 0 unspecified atom stereocenters. The van der Waals surface area contributed by atoms with Gasteiger partial charge in [0.1, 0.15) is 0 Å². The molecule has 2 aliphatic rings. The number of nitrogens with two attached hydrogens (primary N) is 1. The van der Waals surface area contributed by atoms with Gasteiger partial charge in [0.2, 0.25) is 10.0 Å². The van der Waals surface area contributed by atoms with Gasteiger partial charge in [-0.1, -0.05) is 31.0 Å². The van der Waals surface area contributed by atoms with Gasteiger partial charge in [-0.2, -0.15) is 4.31 Å². The number of nitrogens with zero attached hydrogens (tertiary/aromatic N) is 2. The third kappa shape index (κ3) is 5.56. The molecule has 3 rings (SSSR count). The molecular weight excluding hydrogens is 463 g/mol. The lowest BCUT2D eigenvalue weighted by atomic mass is 9.98. The summed E-state index contributed by atoms with van der Waals surface area (Å²) in [6, 6.07) is 9.12. The summed E-state index contributed by atoms with van der Waals surface area (Å²) in [6.07, 6.45) is 6.52. The minimum Gasteiger partial charge on any atom is -0.370 e. The Balaban J connectivity index is 0.00000243. The number of rotatable bonds is 5. The maximum atomic E-state index is 12.6. The molecule has 1 heterocycles. The van der Waals surface area contributed by atoms with E-state index in [1.807, 2.05) is 6.07 Å². The number of nitrogens with one attached hydrogen (secondary N) is 1. The summed E-state index contributed by atoms with van der Waals surface area (Å²) in [6.45, 7) is 1.77. The van der Waals surface area contributed by atoms with Crippen LogP contribution in [0.15, 0.2) is 40.2 Å². The SMILES string of the molecule is I.NC(=NCC1CCN(S(=O)(=O)c2ccccc2)CC1)NC1CCCC1. The van der Waals surface area contributed by atoms with Gasteiger partial charge in [0.05, 0.1) is 4.90 Å². The summed E-state index contributed by atoms with van der Waals surface area (Å²) in [4.78, 5) is 4.84. The molecule has 0 aromatic heterocycles. The molecule has 0 radical (unpaired) electrons. The van der Waals surface area contributed by atoms with Crippen LogP contribution in [0.3, 0.4) is 0 Å². The Morgan fingerprint density at radius 3 is 2.35 bits per heavy atom. The summed E-state index contributed by atoms with van der Waals surface area (Å²) in [5.74, 6) is 0.928. The standard InChI is InChI=1S/C18H28N4O2S.HI/c19-18(21-16-6-4-5-7-16)20-14-15-10-12-22(13-11-15)25(23,24)17-8-2-1-3-9-17;/h1-3,8-9,15-16H,4-7,10-14H2,(H3,19,20,21);1H. The summed E-state index contributed by atoms with van der Waals surface area (Å²) in [7, 11) is -3.37. The Hall–Kier alpha value is -0.870. The molecule has 1 aliphatic heterocycles. The quantitative estimate of drug-likeness (QED) is 0.376. The van der Waals surface area contributed by atoms with Gasteiger partial charge in [0, 0.05) is 25.7 Å². The van der Waals surface area contributed by atoms with Crippen molar-refractivity contribution in [2.75, 3.05) is 19.6 Å². The van der Waals surface area contributed by atoms with Gasteiger partial charge >= 0.3 is 0 Å². The molecule has 1 saturated carbocycles. The second kappa shape index (κ2) is 9.89. The predicted octanol–water partition coefficient (Wildman–Crippen LogP) is 2.55. The van der Waals surface area contributed by atoms with Crippen molar-refractivity contribution in [3.8, 4) is 0 Å². The Bertz CT molecular complexity index is 682. The van der Waals surface area contributed by atoms with Gasteiger partial charge in [-0.15, -0.1) is 24.0 Å². The number of guanidine groups is 1. The first kappa shape index (κ1) is 21.4. The number of sulfonamides is 1. The van der Waals surface area contributed by atoms with E-state index in [0.29, 0.717) is 42.4 Å². The van der Waals surface area contributed by atoms with E-state index in [0.717, 1.165) is 12.8 Å². The molecule has 146 valence electrons. The van der Waals surface area contributed by atoms with E-state index in [9.17, 15) is 8.42 Å². The highest BCUT2D eigenvalue weighted by Gasteiger charge is 2.29. The lowest BCUT2D eigenvalue weighted by molar-refractivity contribution is 0.278. The molecule has 6 nitrogen and oxygen atoms in total. The van der Waals surface area contributed by atoms with Crippen molar-refractivity contribution in [2.24, 2.45) is 16.6 Å². The predicted molar refractivity (Wildman–Crippen MR) is 115 cm³/mol. The summed E-state index contributed by atoms with van der Waals surface area (Å²) >= 11 is 0. The minimum atomic E-state index is -3.37. The van der Waals surface area contributed by atoms with Gasteiger partial charge in [-0.25, -0.2) is 8.42 Å². The first-order chi connectivity index (χ1) is 12.1. The van der Waals surface area contributed by atoms with E-state index in [4.69, 9.17) is 5.73 Å². The Morgan fingerprint density at radius 1 is 1.12 bits per heavy atom. The van der Waals surface area contributed by atoms with Crippen molar-refractivity contribution in [1.29, 1.82) is 0 Å². The first-order valence-electron chi connectivity index (χ1n) is 9.17. The van der Waals surface area contributed by atoms with Crippen molar-refractivity contribution in [3.05, 3.63) is 30.3 Å². The maximum Gasteiger partial charge on any atom is 0.243 e. The molecule has 0 spiro atoms. The molecule has 0 amide bonds. The molecule has 3 N–H and O–H groups in total. The molecule has 0 bridgehead atoms. The van der Waals surface area contributed by atoms with Gasteiger partial charge in [-0.3, -0.25) is 4.99 Å². The van der Waals surface area contributed by atoms with E-state index in [1.165, 1.54) is 25.7 Å². The van der Waals surface area contributed by atoms with Crippen LogP contribution in [-0.2, 0) is 10.0 Å². The molecule has 1 aliphatic carbocycles. The molecular formula is C18H29IN4O2S. The van der Waals surface area contributed by atoms with E-state index in [1.54, 1.807) is 28.6 Å². The average molecular weight is 492 g/mol. The zero-order valence-electron chi connectivity index (χ0n) is 15.0. The van der Waals surface area contributed by atoms with E-state index in [-0.39, 0.29) is 24.0 Å². The third-order valence-electron chi connectivity index (χ3n) is 5.18. The fraction of sp³-hybridized carbons (Fsp3) is 0.611. The average Bonchev–Trinajstić information content (AvgIpc) is 3.14. The van der Waals surface area contributed by atoms with Crippen LogP contribution in [0.2, 0.25) is 0 Å². The van der Waals surface area contributed by atoms with E-state index in [2.05, 4.69) is 10.3 Å². The van der Waals surface area contributed by atoms with Gasteiger partial charge in [-0.05, 0) is 43.7 Å². The molecule has 26 heavy (non-hydrogen) atoms. The van der Waals surface area contributed by atoms with Crippen LogP contribution in [0.1, 0.15) is 38.5 Å². The van der Waals surface area contributed by atoms with Crippen LogP contribution in [-0.4, -0.2) is 44.4 Å². The number of benzene rings is 1. The van der Waals surface area contributed by atoms with Crippen LogP contribution in [0.4, 0.5) is 0 Å². The van der Waals surface area contributed by atoms with Crippen LogP contribution in [0.5, 0.6) is 0 Å². The van der Waals surface area contributed by atoms with Crippen molar-refractivity contribution in [3.63, 3.8) is 0 Å². The number of piperidine rings is 1. The first-order valence-corrected chi connectivity index (χ1v) is 10.6. The van der Waals surface area contributed by atoms with Crippen molar-refractivity contribution >= 4 is 40.0 Å². The van der Waals surface area contributed by atoms with Gasteiger partial charge in [0.15, 0.2) is 5.96 Å². The lowest BCUT2D eigenvalue weighted by Gasteiger charge is -2.30. The molecule has 2 fully saturated rings. The number of halogens is 1. The third-order valence-corrected chi connectivity index (χ3v) is 7.09.